The van der Waals surface area contributed by atoms with E-state index in [2.05, 4.69) is 15.2 Å². The molecule has 0 fully saturated rings. The monoisotopic (exact) mass is 314 g/mol. The van der Waals surface area contributed by atoms with Gasteiger partial charge in [-0.3, -0.25) is 9.36 Å². The highest BCUT2D eigenvalue weighted by atomic mass is 32.2. The van der Waals surface area contributed by atoms with Crippen LogP contribution in [0.1, 0.15) is 10.4 Å². The van der Waals surface area contributed by atoms with E-state index in [0.29, 0.717) is 16.4 Å². The molecule has 0 aliphatic heterocycles. The van der Waals surface area contributed by atoms with Crippen LogP contribution in [0.15, 0.2) is 60.1 Å². The Balaban J connectivity index is 1.61. The average molecular weight is 314 g/mol. The molecule has 0 N–H and O–H groups in total. The molecular formula is C15H11FN4OS. The summed E-state index contributed by atoms with van der Waals surface area (Å²) in [5.74, 6) is 0.451. The van der Waals surface area contributed by atoms with E-state index in [-0.39, 0.29) is 17.4 Å². The smallest absolute Gasteiger partial charge is 0.173 e. The molecule has 0 aliphatic carbocycles. The van der Waals surface area contributed by atoms with Gasteiger partial charge in [0.15, 0.2) is 11.6 Å². The van der Waals surface area contributed by atoms with Gasteiger partial charge in [0, 0.05) is 18.0 Å². The SMILES string of the molecule is O=C(CSc1ccc(-n2ccnc2)nn1)c1ccc(F)cc1. The third-order valence-electron chi connectivity index (χ3n) is 2.91. The van der Waals surface area contributed by atoms with Crippen molar-refractivity contribution in [3.63, 3.8) is 0 Å². The van der Waals surface area contributed by atoms with E-state index in [1.54, 1.807) is 35.4 Å². The average Bonchev–Trinajstić information content (AvgIpc) is 3.08. The predicted octanol–water partition coefficient (Wildman–Crippen LogP) is 2.78. The van der Waals surface area contributed by atoms with Crippen LogP contribution in [0.2, 0.25) is 0 Å². The maximum atomic E-state index is 12.8. The number of rotatable bonds is 5. The third kappa shape index (κ3) is 3.37. The Labute approximate surface area is 130 Å². The lowest BCUT2D eigenvalue weighted by molar-refractivity contribution is 0.102. The Bertz CT molecular complexity index is 757. The van der Waals surface area contributed by atoms with Gasteiger partial charge in [0.1, 0.15) is 17.2 Å². The van der Waals surface area contributed by atoms with Crippen LogP contribution >= 0.6 is 11.8 Å². The molecule has 0 saturated heterocycles. The molecule has 0 bridgehead atoms. The third-order valence-corrected chi connectivity index (χ3v) is 3.83. The Kier molecular flexibility index (Phi) is 4.24. The van der Waals surface area contributed by atoms with Gasteiger partial charge in [-0.2, -0.15) is 0 Å². The number of carbonyl (C=O) groups excluding carboxylic acids is 1. The molecule has 0 atom stereocenters. The number of hydrogen-bond acceptors (Lipinski definition) is 5. The molecule has 0 aliphatic rings. The van der Waals surface area contributed by atoms with Crippen molar-refractivity contribution in [2.45, 2.75) is 5.03 Å². The van der Waals surface area contributed by atoms with Crippen LogP contribution in [0.5, 0.6) is 0 Å². The second-order valence-electron chi connectivity index (χ2n) is 4.42. The van der Waals surface area contributed by atoms with E-state index in [1.807, 2.05) is 0 Å². The van der Waals surface area contributed by atoms with Gasteiger partial charge in [-0.1, -0.05) is 11.8 Å². The van der Waals surface area contributed by atoms with Gasteiger partial charge in [-0.15, -0.1) is 10.2 Å². The lowest BCUT2D eigenvalue weighted by Crippen LogP contribution is -2.03. The normalized spacial score (nSPS) is 10.6. The molecule has 1 aromatic carbocycles. The van der Waals surface area contributed by atoms with Crippen molar-refractivity contribution in [2.75, 3.05) is 5.75 Å². The minimum Gasteiger partial charge on any atom is -0.293 e. The number of thioether (sulfide) groups is 1. The summed E-state index contributed by atoms with van der Waals surface area (Å²) in [5.41, 5.74) is 0.483. The summed E-state index contributed by atoms with van der Waals surface area (Å²) in [5, 5.41) is 8.79. The zero-order valence-electron chi connectivity index (χ0n) is 11.4. The lowest BCUT2D eigenvalue weighted by atomic mass is 10.1. The Hall–Kier alpha value is -2.54. The summed E-state index contributed by atoms with van der Waals surface area (Å²) >= 11 is 1.29. The van der Waals surface area contributed by atoms with Gasteiger partial charge in [-0.05, 0) is 36.4 Å². The maximum absolute atomic E-state index is 12.8. The summed E-state index contributed by atoms with van der Waals surface area (Å²) < 4.78 is 14.6. The number of hydrogen-bond donors (Lipinski definition) is 0. The Morgan fingerprint density at radius 3 is 2.59 bits per heavy atom. The largest absolute Gasteiger partial charge is 0.293 e. The molecule has 2 heterocycles. The van der Waals surface area contributed by atoms with E-state index < -0.39 is 0 Å². The zero-order valence-corrected chi connectivity index (χ0v) is 12.2. The van der Waals surface area contributed by atoms with Crippen LogP contribution in [0.3, 0.4) is 0 Å². The molecule has 0 unspecified atom stereocenters. The van der Waals surface area contributed by atoms with Crippen LogP contribution < -0.4 is 0 Å². The first-order chi connectivity index (χ1) is 10.7. The van der Waals surface area contributed by atoms with Gasteiger partial charge in [0.25, 0.3) is 0 Å². The summed E-state index contributed by atoms with van der Waals surface area (Å²) in [6.07, 6.45) is 5.06. The van der Waals surface area contributed by atoms with E-state index in [0.717, 1.165) is 0 Å². The number of halogens is 1. The van der Waals surface area contributed by atoms with Crippen molar-refractivity contribution in [3.8, 4) is 5.82 Å². The summed E-state index contributed by atoms with van der Waals surface area (Å²) in [6, 6.07) is 9.11. The van der Waals surface area contributed by atoms with Crippen LogP contribution in [0, 0.1) is 5.82 Å². The highest BCUT2D eigenvalue weighted by Gasteiger charge is 2.08. The molecule has 22 heavy (non-hydrogen) atoms. The summed E-state index contributed by atoms with van der Waals surface area (Å²) in [4.78, 5) is 15.9. The molecule has 3 aromatic rings. The quantitative estimate of drug-likeness (QED) is 0.535. The molecule has 110 valence electrons. The number of carbonyl (C=O) groups is 1. The van der Waals surface area contributed by atoms with Crippen molar-refractivity contribution >= 4 is 17.5 Å². The fraction of sp³-hybridized carbons (Fsp3) is 0.0667. The molecule has 0 saturated carbocycles. The standard InChI is InChI=1S/C15H11FN4OS/c16-12-3-1-11(2-4-12)13(21)9-22-15-6-5-14(18-19-15)20-8-7-17-10-20/h1-8,10H,9H2. The number of imidazole rings is 1. The number of nitrogens with zero attached hydrogens (tertiary/aromatic N) is 4. The van der Waals surface area contributed by atoms with Crippen molar-refractivity contribution in [1.82, 2.24) is 19.7 Å². The van der Waals surface area contributed by atoms with E-state index in [9.17, 15) is 9.18 Å². The highest BCUT2D eigenvalue weighted by molar-refractivity contribution is 7.99. The Morgan fingerprint density at radius 1 is 1.14 bits per heavy atom. The van der Waals surface area contributed by atoms with Gasteiger partial charge >= 0.3 is 0 Å². The molecule has 7 heteroatoms. The number of benzene rings is 1. The number of ketones is 1. The van der Waals surface area contributed by atoms with E-state index >= 15 is 0 Å². The minimum absolute atomic E-state index is 0.0783. The lowest BCUT2D eigenvalue weighted by Gasteiger charge is -2.03. The van der Waals surface area contributed by atoms with Crippen LogP contribution in [-0.2, 0) is 0 Å². The van der Waals surface area contributed by atoms with E-state index in [1.165, 1.54) is 36.0 Å². The first-order valence-corrected chi connectivity index (χ1v) is 7.44. The van der Waals surface area contributed by atoms with Crippen LogP contribution in [-0.4, -0.2) is 31.3 Å². The number of aromatic nitrogens is 4. The van der Waals surface area contributed by atoms with Crippen molar-refractivity contribution < 1.29 is 9.18 Å². The highest BCUT2D eigenvalue weighted by Crippen LogP contribution is 2.17. The molecule has 0 radical (unpaired) electrons. The van der Waals surface area contributed by atoms with Crippen LogP contribution in [0.25, 0.3) is 5.82 Å². The second-order valence-corrected chi connectivity index (χ2v) is 5.41. The van der Waals surface area contributed by atoms with Crippen molar-refractivity contribution in [2.24, 2.45) is 0 Å². The van der Waals surface area contributed by atoms with Crippen molar-refractivity contribution in [1.29, 1.82) is 0 Å². The van der Waals surface area contributed by atoms with Gasteiger partial charge in [-0.25, -0.2) is 9.37 Å². The predicted molar refractivity (Wildman–Crippen MR) is 80.6 cm³/mol. The second kappa shape index (κ2) is 6.48. The first kappa shape index (κ1) is 14.4. The van der Waals surface area contributed by atoms with Gasteiger partial charge < -0.3 is 0 Å². The fourth-order valence-electron chi connectivity index (χ4n) is 1.78. The molecule has 5 nitrogen and oxygen atoms in total. The van der Waals surface area contributed by atoms with Gasteiger partial charge in [0.2, 0.25) is 0 Å². The van der Waals surface area contributed by atoms with Gasteiger partial charge in [0.05, 0.1) is 5.75 Å². The zero-order chi connectivity index (χ0) is 15.4. The fourth-order valence-corrected chi connectivity index (χ4v) is 2.49. The molecule has 3 rings (SSSR count). The minimum atomic E-state index is -0.356. The molecular weight excluding hydrogens is 303 g/mol. The summed E-state index contributed by atoms with van der Waals surface area (Å²) in [6.45, 7) is 0. The molecule has 2 aromatic heterocycles. The van der Waals surface area contributed by atoms with E-state index in [4.69, 9.17) is 0 Å². The topological polar surface area (TPSA) is 60.7 Å². The molecule has 0 amide bonds. The van der Waals surface area contributed by atoms with Crippen LogP contribution in [0.4, 0.5) is 4.39 Å². The first-order valence-electron chi connectivity index (χ1n) is 6.46. The van der Waals surface area contributed by atoms with Crippen molar-refractivity contribution in [3.05, 3.63) is 66.5 Å². The summed E-state index contributed by atoms with van der Waals surface area (Å²) in [7, 11) is 0. The number of Topliss-reactive ketones (excluding diaryl/α,β-unsaturated/α-hetero) is 1. The molecule has 0 spiro atoms. The maximum Gasteiger partial charge on any atom is 0.173 e. The Morgan fingerprint density at radius 2 is 1.95 bits per heavy atom.